The molecule has 0 aromatic heterocycles. The monoisotopic (exact) mass is 346 g/mol. The second-order valence-corrected chi connectivity index (χ2v) is 8.49. The molecule has 136 valence electrons. The van der Waals surface area contributed by atoms with E-state index in [0.717, 1.165) is 11.1 Å². The van der Waals surface area contributed by atoms with E-state index in [1.807, 2.05) is 0 Å². The lowest BCUT2D eigenvalue weighted by Crippen LogP contribution is -2.15. The summed E-state index contributed by atoms with van der Waals surface area (Å²) in [5.74, 6) is 1.61. The highest BCUT2D eigenvalue weighted by Crippen LogP contribution is 2.41. The molecule has 0 saturated heterocycles. The van der Waals surface area contributed by atoms with Crippen molar-refractivity contribution in [2.45, 2.75) is 78.1 Å². The normalized spacial score (nSPS) is 17.7. The highest BCUT2D eigenvalue weighted by Gasteiger charge is 2.26. The maximum Gasteiger partial charge on any atom is 0.193 e. The van der Waals surface area contributed by atoms with E-state index in [1.165, 1.54) is 71.9 Å². The van der Waals surface area contributed by atoms with Gasteiger partial charge in [-0.25, -0.2) is 0 Å². The minimum atomic E-state index is 0.187. The van der Waals surface area contributed by atoms with Crippen LogP contribution in [0.15, 0.2) is 24.3 Å². The molecule has 1 nitrogen and oxygen atoms in total. The number of rotatable bonds is 4. The topological polar surface area (TPSA) is 17.1 Å². The maximum atomic E-state index is 13.3. The molecule has 0 heterocycles. The Balaban J connectivity index is 1.69. The van der Waals surface area contributed by atoms with E-state index in [9.17, 15) is 4.79 Å². The highest BCUT2D eigenvalue weighted by molar-refractivity contribution is 6.11. The lowest BCUT2D eigenvalue weighted by Gasteiger charge is -2.29. The molecular weight excluding hydrogens is 316 g/mol. The minimum Gasteiger partial charge on any atom is -0.289 e. The molecule has 0 atom stereocenters. The van der Waals surface area contributed by atoms with Gasteiger partial charge in [-0.3, -0.25) is 4.79 Å². The SMILES string of the molecule is Cc1c(C(=O)c2ccc(C3CCC3)c(C)c2C)ccc(C2CCC2)c1C. The first-order chi connectivity index (χ1) is 12.5. The molecule has 4 rings (SSSR count). The quantitative estimate of drug-likeness (QED) is 0.564. The zero-order chi connectivity index (χ0) is 18.4. The third-order valence-electron chi connectivity index (χ3n) is 7.24. The van der Waals surface area contributed by atoms with E-state index in [1.54, 1.807) is 0 Å². The van der Waals surface area contributed by atoms with Gasteiger partial charge in [0, 0.05) is 11.1 Å². The van der Waals surface area contributed by atoms with Gasteiger partial charge in [0.2, 0.25) is 0 Å². The summed E-state index contributed by atoms with van der Waals surface area (Å²) >= 11 is 0. The Hall–Kier alpha value is -1.89. The number of benzene rings is 2. The van der Waals surface area contributed by atoms with Crippen LogP contribution in [0.3, 0.4) is 0 Å². The zero-order valence-electron chi connectivity index (χ0n) is 16.6. The predicted molar refractivity (Wildman–Crippen MR) is 108 cm³/mol. The Morgan fingerprint density at radius 3 is 1.35 bits per heavy atom. The minimum absolute atomic E-state index is 0.187. The number of carbonyl (C=O) groups excluding carboxylic acids is 1. The molecule has 0 spiro atoms. The van der Waals surface area contributed by atoms with E-state index in [4.69, 9.17) is 0 Å². The molecule has 1 heteroatoms. The maximum absolute atomic E-state index is 13.3. The number of hydrogen-bond acceptors (Lipinski definition) is 1. The van der Waals surface area contributed by atoms with Crippen LogP contribution < -0.4 is 0 Å². The summed E-state index contributed by atoms with van der Waals surface area (Å²) < 4.78 is 0. The van der Waals surface area contributed by atoms with E-state index in [2.05, 4.69) is 52.0 Å². The lowest BCUT2D eigenvalue weighted by molar-refractivity contribution is 0.103. The van der Waals surface area contributed by atoms with Gasteiger partial charge in [-0.05, 0) is 98.6 Å². The van der Waals surface area contributed by atoms with E-state index in [-0.39, 0.29) is 5.78 Å². The van der Waals surface area contributed by atoms with Gasteiger partial charge in [0.15, 0.2) is 5.78 Å². The summed E-state index contributed by atoms with van der Waals surface area (Å²) in [5.41, 5.74) is 9.65. The molecule has 0 N–H and O–H groups in total. The average molecular weight is 347 g/mol. The molecule has 26 heavy (non-hydrogen) atoms. The first-order valence-electron chi connectivity index (χ1n) is 10.2. The van der Waals surface area contributed by atoms with Gasteiger partial charge in [-0.2, -0.15) is 0 Å². The lowest BCUT2D eigenvalue weighted by atomic mass is 9.76. The molecule has 0 radical (unpaired) electrons. The summed E-state index contributed by atoms with van der Waals surface area (Å²) in [6.45, 7) is 8.63. The van der Waals surface area contributed by atoms with Gasteiger partial charge in [0.05, 0.1) is 0 Å². The fraction of sp³-hybridized carbons (Fsp3) is 0.480. The van der Waals surface area contributed by atoms with Crippen molar-refractivity contribution >= 4 is 5.78 Å². The molecular formula is C25H30O. The molecule has 2 saturated carbocycles. The van der Waals surface area contributed by atoms with E-state index < -0.39 is 0 Å². The second-order valence-electron chi connectivity index (χ2n) is 8.49. The largest absolute Gasteiger partial charge is 0.289 e. The molecule has 0 amide bonds. The molecule has 2 fully saturated rings. The Bertz CT molecular complexity index is 795. The molecule has 2 aliphatic carbocycles. The molecule has 2 aromatic rings. The number of ketones is 1. The number of carbonyl (C=O) groups is 1. The van der Waals surface area contributed by atoms with Crippen molar-refractivity contribution in [3.8, 4) is 0 Å². The summed E-state index contributed by atoms with van der Waals surface area (Å²) in [6, 6.07) is 8.58. The molecule has 0 unspecified atom stereocenters. The summed E-state index contributed by atoms with van der Waals surface area (Å²) in [6.07, 6.45) is 7.89. The van der Waals surface area contributed by atoms with Gasteiger partial charge in [0.25, 0.3) is 0 Å². The fourth-order valence-corrected chi connectivity index (χ4v) is 4.64. The summed E-state index contributed by atoms with van der Waals surface area (Å²) in [7, 11) is 0. The van der Waals surface area contributed by atoms with Gasteiger partial charge < -0.3 is 0 Å². The third kappa shape index (κ3) is 2.73. The van der Waals surface area contributed by atoms with Gasteiger partial charge in [0.1, 0.15) is 0 Å². The Kier molecular flexibility index (Phi) is 4.50. The van der Waals surface area contributed by atoms with Crippen LogP contribution >= 0.6 is 0 Å². The van der Waals surface area contributed by atoms with Crippen LogP contribution in [0.4, 0.5) is 0 Å². The highest BCUT2D eigenvalue weighted by atomic mass is 16.1. The van der Waals surface area contributed by atoms with Crippen molar-refractivity contribution in [2.75, 3.05) is 0 Å². The standard InChI is InChI=1S/C25H30O/c1-15-17(3)23(13-11-21(15)19-7-5-8-19)25(26)24-14-12-22(16(2)18(24)4)20-9-6-10-20/h11-14,19-20H,5-10H2,1-4H3. The van der Waals surface area contributed by atoms with Gasteiger partial charge in [-0.1, -0.05) is 37.1 Å². The van der Waals surface area contributed by atoms with Gasteiger partial charge >= 0.3 is 0 Å². The van der Waals surface area contributed by atoms with Crippen molar-refractivity contribution in [1.29, 1.82) is 0 Å². The van der Waals surface area contributed by atoms with Crippen molar-refractivity contribution in [3.63, 3.8) is 0 Å². The van der Waals surface area contributed by atoms with Crippen LogP contribution in [0, 0.1) is 27.7 Å². The van der Waals surface area contributed by atoms with Gasteiger partial charge in [-0.15, -0.1) is 0 Å². The van der Waals surface area contributed by atoms with Crippen molar-refractivity contribution in [2.24, 2.45) is 0 Å². The Morgan fingerprint density at radius 1 is 0.654 bits per heavy atom. The third-order valence-corrected chi connectivity index (χ3v) is 7.24. The smallest absolute Gasteiger partial charge is 0.193 e. The van der Waals surface area contributed by atoms with Crippen LogP contribution in [-0.2, 0) is 0 Å². The van der Waals surface area contributed by atoms with Crippen LogP contribution in [0.5, 0.6) is 0 Å². The fourth-order valence-electron chi connectivity index (χ4n) is 4.64. The predicted octanol–water partition coefficient (Wildman–Crippen LogP) is 6.69. The van der Waals surface area contributed by atoms with Crippen molar-refractivity contribution < 1.29 is 4.79 Å². The molecule has 0 aliphatic heterocycles. The van der Waals surface area contributed by atoms with Crippen LogP contribution in [0.1, 0.15) is 99.7 Å². The first kappa shape index (κ1) is 17.5. The first-order valence-corrected chi connectivity index (χ1v) is 10.2. The summed E-state index contributed by atoms with van der Waals surface area (Å²) in [5, 5.41) is 0. The Labute approximate surface area is 157 Å². The zero-order valence-corrected chi connectivity index (χ0v) is 16.6. The summed E-state index contributed by atoms with van der Waals surface area (Å²) in [4.78, 5) is 13.3. The van der Waals surface area contributed by atoms with Crippen molar-refractivity contribution in [1.82, 2.24) is 0 Å². The number of hydrogen-bond donors (Lipinski definition) is 0. The van der Waals surface area contributed by atoms with Crippen molar-refractivity contribution in [3.05, 3.63) is 68.8 Å². The second kappa shape index (κ2) is 6.68. The van der Waals surface area contributed by atoms with Crippen LogP contribution in [0.2, 0.25) is 0 Å². The molecule has 2 aliphatic rings. The van der Waals surface area contributed by atoms with Crippen LogP contribution in [-0.4, -0.2) is 5.78 Å². The Morgan fingerprint density at radius 2 is 1.04 bits per heavy atom. The van der Waals surface area contributed by atoms with E-state index >= 15 is 0 Å². The van der Waals surface area contributed by atoms with Crippen LogP contribution in [0.25, 0.3) is 0 Å². The molecule has 0 bridgehead atoms. The van der Waals surface area contributed by atoms with E-state index in [0.29, 0.717) is 11.8 Å². The average Bonchev–Trinajstić information content (AvgIpc) is 2.52. The molecule has 2 aromatic carbocycles.